The molecule has 182 valence electrons. The van der Waals surface area contributed by atoms with Gasteiger partial charge in [-0.1, -0.05) is 34.1 Å². The molecule has 3 nitrogen and oxygen atoms in total. The number of hydrogen-bond acceptors (Lipinski definition) is 3. The molecule has 10 atom stereocenters. The smallest absolute Gasteiger partial charge is 0.0703 e. The summed E-state index contributed by atoms with van der Waals surface area (Å²) >= 11 is 0. The molecule has 1 heterocycles. The summed E-state index contributed by atoms with van der Waals surface area (Å²) in [4.78, 5) is 0. The molecule has 0 bridgehead atoms. The number of hydrogen-bond donors (Lipinski definition) is 2. The number of rotatable bonds is 5. The van der Waals surface area contributed by atoms with Crippen molar-refractivity contribution in [1.29, 1.82) is 0 Å². The van der Waals surface area contributed by atoms with Crippen molar-refractivity contribution in [2.24, 2.45) is 45.3 Å². The number of nitrogens with one attached hydrogen (secondary N) is 1. The molecular formula is C29H49NO2. The van der Waals surface area contributed by atoms with E-state index in [1.54, 1.807) is 0 Å². The lowest BCUT2D eigenvalue weighted by Gasteiger charge is -2.59. The van der Waals surface area contributed by atoms with Crippen LogP contribution in [0.2, 0.25) is 0 Å². The highest BCUT2D eigenvalue weighted by Crippen LogP contribution is 2.87. The van der Waals surface area contributed by atoms with E-state index in [-0.39, 0.29) is 11.5 Å². The lowest BCUT2D eigenvalue weighted by molar-refractivity contribution is -0.135. The fraction of sp³-hybridized carbons (Fsp3) is 1.00. The largest absolute Gasteiger partial charge is 0.393 e. The Morgan fingerprint density at radius 2 is 1.72 bits per heavy atom. The average molecular weight is 444 g/mol. The van der Waals surface area contributed by atoms with Crippen molar-refractivity contribution in [2.75, 3.05) is 13.1 Å². The lowest BCUT2D eigenvalue weighted by Crippen LogP contribution is -2.54. The quantitative estimate of drug-likeness (QED) is 0.516. The third-order valence-electron chi connectivity index (χ3n) is 12.7. The van der Waals surface area contributed by atoms with E-state index in [2.05, 4.69) is 33.0 Å². The molecule has 1 aliphatic heterocycles. The van der Waals surface area contributed by atoms with Crippen LogP contribution in [-0.2, 0) is 4.74 Å². The fourth-order valence-corrected chi connectivity index (χ4v) is 11.0. The van der Waals surface area contributed by atoms with E-state index in [1.807, 2.05) is 0 Å². The molecule has 0 amide bonds. The molecule has 5 aliphatic carbocycles. The first-order valence-electron chi connectivity index (χ1n) is 14.3. The minimum Gasteiger partial charge on any atom is -0.393 e. The highest BCUT2D eigenvalue weighted by molar-refractivity contribution is 5.29. The van der Waals surface area contributed by atoms with Crippen molar-refractivity contribution in [3.8, 4) is 0 Å². The maximum Gasteiger partial charge on any atom is 0.0703 e. The SMILES string of the molecule is CCCCNCC1CCC2C(CC3C4CCC5C(C)(C)[C@@H](O)CC[C@@]56C[C@@]46CCC23C)O1. The maximum absolute atomic E-state index is 10.8. The molecule has 0 aromatic rings. The molecule has 0 aromatic carbocycles. The summed E-state index contributed by atoms with van der Waals surface area (Å²) in [5.74, 6) is 3.36. The van der Waals surface area contributed by atoms with Gasteiger partial charge in [-0.15, -0.1) is 0 Å². The Bertz CT molecular complexity index is 737. The Balaban J connectivity index is 1.19. The van der Waals surface area contributed by atoms with Gasteiger partial charge in [-0.25, -0.2) is 0 Å². The average Bonchev–Trinajstić information content (AvgIpc) is 3.35. The van der Waals surface area contributed by atoms with Crippen LogP contribution in [0.1, 0.15) is 105 Å². The summed E-state index contributed by atoms with van der Waals surface area (Å²) in [6.07, 6.45) is 16.9. The van der Waals surface area contributed by atoms with Gasteiger partial charge in [0.1, 0.15) is 0 Å². The molecule has 7 unspecified atom stereocenters. The first-order chi connectivity index (χ1) is 15.3. The number of unbranched alkanes of at least 4 members (excludes halogenated alkanes) is 1. The number of aliphatic hydroxyl groups is 1. The summed E-state index contributed by atoms with van der Waals surface area (Å²) in [5, 5.41) is 14.5. The van der Waals surface area contributed by atoms with Crippen LogP contribution in [0.25, 0.3) is 0 Å². The molecular weight excluding hydrogens is 394 g/mol. The Hall–Kier alpha value is -0.120. The molecule has 0 aromatic heterocycles. The highest BCUT2D eigenvalue weighted by atomic mass is 16.5. The van der Waals surface area contributed by atoms with Gasteiger partial charge in [0.05, 0.1) is 18.3 Å². The summed E-state index contributed by atoms with van der Waals surface area (Å²) in [6.45, 7) is 11.9. The Labute approximate surface area is 196 Å². The van der Waals surface area contributed by atoms with Crippen molar-refractivity contribution in [3.63, 3.8) is 0 Å². The van der Waals surface area contributed by atoms with Gasteiger partial charge >= 0.3 is 0 Å². The van der Waals surface area contributed by atoms with Crippen molar-refractivity contribution in [1.82, 2.24) is 5.32 Å². The zero-order valence-electron chi connectivity index (χ0n) is 21.3. The normalized spacial score (nSPS) is 55.2. The molecule has 6 fully saturated rings. The minimum atomic E-state index is -0.0909. The highest BCUT2D eigenvalue weighted by Gasteiger charge is 2.80. The Morgan fingerprint density at radius 1 is 0.906 bits per heavy atom. The van der Waals surface area contributed by atoms with Crippen molar-refractivity contribution in [3.05, 3.63) is 0 Å². The predicted molar refractivity (Wildman–Crippen MR) is 129 cm³/mol. The molecule has 5 saturated carbocycles. The molecule has 0 radical (unpaired) electrons. The fourth-order valence-electron chi connectivity index (χ4n) is 11.0. The van der Waals surface area contributed by atoms with Crippen LogP contribution in [0.15, 0.2) is 0 Å². The van der Waals surface area contributed by atoms with Gasteiger partial charge in [-0.2, -0.15) is 0 Å². The Kier molecular flexibility index (Phi) is 5.20. The van der Waals surface area contributed by atoms with E-state index in [1.165, 1.54) is 70.6 Å². The summed E-state index contributed by atoms with van der Waals surface area (Å²) in [6, 6.07) is 0. The molecule has 2 N–H and O–H groups in total. The van der Waals surface area contributed by atoms with Crippen molar-refractivity contribution in [2.45, 2.75) is 123 Å². The van der Waals surface area contributed by atoms with Gasteiger partial charge in [0, 0.05) is 6.54 Å². The molecule has 2 spiro atoms. The summed E-state index contributed by atoms with van der Waals surface area (Å²) in [5.41, 5.74) is 1.81. The van der Waals surface area contributed by atoms with Crippen molar-refractivity contribution < 1.29 is 9.84 Å². The monoisotopic (exact) mass is 443 g/mol. The zero-order valence-corrected chi connectivity index (χ0v) is 21.3. The summed E-state index contributed by atoms with van der Waals surface area (Å²) < 4.78 is 6.83. The van der Waals surface area contributed by atoms with Crippen LogP contribution in [0.4, 0.5) is 0 Å². The van der Waals surface area contributed by atoms with E-state index in [9.17, 15) is 5.11 Å². The molecule has 1 saturated heterocycles. The molecule has 32 heavy (non-hydrogen) atoms. The predicted octanol–water partition coefficient (Wildman–Crippen LogP) is 5.94. The second kappa shape index (κ2) is 7.44. The van der Waals surface area contributed by atoms with E-state index in [4.69, 9.17) is 4.74 Å². The third kappa shape index (κ3) is 2.83. The maximum atomic E-state index is 10.8. The number of aliphatic hydroxyl groups excluding tert-OH is 1. The van der Waals surface area contributed by atoms with Gasteiger partial charge in [0.15, 0.2) is 0 Å². The third-order valence-corrected chi connectivity index (χ3v) is 12.7. The first-order valence-corrected chi connectivity index (χ1v) is 14.3. The standard InChI is InChI=1S/C29H49NO2/c1-5-6-15-30-17-19-7-8-21-23(32-19)16-22-20-9-10-24-26(2,3)25(31)11-12-29(24)18-28(20,29)14-13-27(21,22)4/h19-25,30-31H,5-18H2,1-4H3/t19?,20?,21?,22?,23?,24?,25-,27?,28-,29+/m0/s1. The van der Waals surface area contributed by atoms with Crippen LogP contribution in [0.5, 0.6) is 0 Å². The van der Waals surface area contributed by atoms with Gasteiger partial charge in [0.25, 0.3) is 0 Å². The molecule has 6 aliphatic rings. The van der Waals surface area contributed by atoms with E-state index in [0.717, 1.165) is 43.2 Å². The first kappa shape index (κ1) is 22.4. The van der Waals surface area contributed by atoms with Crippen LogP contribution >= 0.6 is 0 Å². The minimum absolute atomic E-state index is 0.0909. The van der Waals surface area contributed by atoms with Crippen molar-refractivity contribution >= 4 is 0 Å². The number of ether oxygens (including phenoxy) is 1. The van der Waals surface area contributed by atoms with Crippen LogP contribution in [0.3, 0.4) is 0 Å². The van der Waals surface area contributed by atoms with Gasteiger partial charge in [-0.3, -0.25) is 0 Å². The number of fused-ring (bicyclic) bond motifs is 4. The van der Waals surface area contributed by atoms with E-state index < -0.39 is 0 Å². The van der Waals surface area contributed by atoms with E-state index in [0.29, 0.717) is 28.5 Å². The second-order valence-corrected chi connectivity index (χ2v) is 14.0. The van der Waals surface area contributed by atoms with Gasteiger partial charge in [-0.05, 0) is 123 Å². The van der Waals surface area contributed by atoms with Crippen LogP contribution in [-0.4, -0.2) is 36.5 Å². The second-order valence-electron chi connectivity index (χ2n) is 14.0. The topological polar surface area (TPSA) is 41.5 Å². The van der Waals surface area contributed by atoms with Gasteiger partial charge < -0.3 is 15.2 Å². The molecule has 6 rings (SSSR count). The van der Waals surface area contributed by atoms with Gasteiger partial charge in [0.2, 0.25) is 0 Å². The van der Waals surface area contributed by atoms with Crippen LogP contribution in [0, 0.1) is 45.3 Å². The van der Waals surface area contributed by atoms with Crippen LogP contribution < -0.4 is 5.32 Å². The van der Waals surface area contributed by atoms with E-state index >= 15 is 0 Å². The summed E-state index contributed by atoms with van der Waals surface area (Å²) in [7, 11) is 0. The lowest BCUT2D eigenvalue weighted by atomic mass is 9.46. The molecule has 3 heteroatoms. The zero-order chi connectivity index (χ0) is 22.4. The Morgan fingerprint density at radius 3 is 2.53 bits per heavy atom.